The van der Waals surface area contributed by atoms with Gasteiger partial charge in [-0.3, -0.25) is 4.79 Å². The molecule has 154 valence electrons. The maximum absolute atomic E-state index is 13.2. The van der Waals surface area contributed by atoms with Crippen LogP contribution in [0.4, 0.5) is 18.3 Å². The number of fused-ring (bicyclic) bond motifs is 2. The molecule has 30 heavy (non-hydrogen) atoms. The van der Waals surface area contributed by atoms with E-state index in [2.05, 4.69) is 20.3 Å². The van der Waals surface area contributed by atoms with E-state index in [0.29, 0.717) is 35.3 Å². The zero-order chi connectivity index (χ0) is 20.9. The van der Waals surface area contributed by atoms with Gasteiger partial charge in [0.25, 0.3) is 0 Å². The van der Waals surface area contributed by atoms with Gasteiger partial charge >= 0.3 is 6.18 Å². The number of hydrogen-bond donors (Lipinski definition) is 2. The number of imidazole rings is 1. The molecule has 1 saturated heterocycles. The molecule has 2 N–H and O–H groups in total. The van der Waals surface area contributed by atoms with Gasteiger partial charge in [-0.15, -0.1) is 0 Å². The monoisotopic (exact) mass is 431 g/mol. The first-order valence-electron chi connectivity index (χ1n) is 9.31. The van der Waals surface area contributed by atoms with Crippen molar-refractivity contribution in [3.05, 3.63) is 53.9 Å². The van der Waals surface area contributed by atoms with Gasteiger partial charge in [0.1, 0.15) is 5.82 Å². The number of benzene rings is 2. The van der Waals surface area contributed by atoms with Crippen LogP contribution in [0.25, 0.3) is 21.3 Å². The molecular formula is C20H16F3N5OS. The van der Waals surface area contributed by atoms with Crippen LogP contribution >= 0.6 is 11.3 Å². The summed E-state index contributed by atoms with van der Waals surface area (Å²) in [5.74, 6) is 0.332. The lowest BCUT2D eigenvalue weighted by atomic mass is 10.0. The van der Waals surface area contributed by atoms with Gasteiger partial charge in [-0.1, -0.05) is 29.5 Å². The molecule has 1 fully saturated rings. The van der Waals surface area contributed by atoms with Crippen LogP contribution in [0.3, 0.4) is 0 Å². The zero-order valence-electron chi connectivity index (χ0n) is 15.5. The molecule has 5 rings (SSSR count). The number of aromatic amines is 1. The summed E-state index contributed by atoms with van der Waals surface area (Å²) in [5, 5.41) is 3.37. The van der Waals surface area contributed by atoms with Crippen LogP contribution in [0.1, 0.15) is 11.4 Å². The predicted octanol–water partition coefficient (Wildman–Crippen LogP) is 3.94. The van der Waals surface area contributed by atoms with Crippen LogP contribution in [0.2, 0.25) is 0 Å². The number of hydrogen-bond acceptors (Lipinski definition) is 5. The van der Waals surface area contributed by atoms with Crippen LogP contribution in [-0.2, 0) is 17.5 Å². The number of carbonyl (C=O) groups is 1. The molecule has 4 aromatic rings. The maximum Gasteiger partial charge on any atom is 0.418 e. The molecular weight excluding hydrogens is 415 g/mol. The fraction of sp³-hybridized carbons (Fsp3) is 0.250. The molecule has 0 unspecified atom stereocenters. The van der Waals surface area contributed by atoms with E-state index in [1.165, 1.54) is 17.4 Å². The van der Waals surface area contributed by atoms with Crippen molar-refractivity contribution >= 4 is 43.6 Å². The molecule has 1 aliphatic rings. The number of nitrogens with one attached hydrogen (secondary N) is 2. The number of amides is 1. The van der Waals surface area contributed by atoms with Gasteiger partial charge in [0.15, 0.2) is 5.13 Å². The summed E-state index contributed by atoms with van der Waals surface area (Å²) in [7, 11) is 0. The molecule has 0 bridgehead atoms. The van der Waals surface area contributed by atoms with Gasteiger partial charge in [-0.05, 0) is 24.3 Å². The molecule has 0 saturated carbocycles. The van der Waals surface area contributed by atoms with Crippen molar-refractivity contribution < 1.29 is 18.0 Å². The minimum Gasteiger partial charge on any atom is -0.349 e. The van der Waals surface area contributed by atoms with E-state index in [4.69, 9.17) is 0 Å². The van der Waals surface area contributed by atoms with E-state index in [1.54, 1.807) is 6.07 Å². The number of anilines is 1. The Morgan fingerprint density at radius 3 is 2.73 bits per heavy atom. The van der Waals surface area contributed by atoms with Crippen LogP contribution < -0.4 is 10.2 Å². The lowest BCUT2D eigenvalue weighted by Gasteiger charge is -2.37. The Hall–Kier alpha value is -3.14. The van der Waals surface area contributed by atoms with Crippen molar-refractivity contribution in [2.24, 2.45) is 5.92 Å². The second-order valence-electron chi connectivity index (χ2n) is 7.17. The second-order valence-corrected chi connectivity index (χ2v) is 8.18. The number of nitrogens with zero attached hydrogens (tertiary/aromatic N) is 3. The number of para-hydroxylation sites is 3. The third-order valence-electron chi connectivity index (χ3n) is 5.10. The highest BCUT2D eigenvalue weighted by Gasteiger charge is 2.37. The second kappa shape index (κ2) is 6.98. The first-order valence-corrected chi connectivity index (χ1v) is 10.1. The standard InChI is InChI=1S/C20H16F3N5OS/c21-20(22,23)12-4-3-7-15-17(12)27-19(30-15)28-9-11(10-28)18(29)24-8-16-25-13-5-1-2-6-14(13)26-16/h1-7,11H,8-10H2,(H,24,29)(H,25,26). The zero-order valence-corrected chi connectivity index (χ0v) is 16.3. The lowest BCUT2D eigenvalue weighted by molar-refractivity contribution is -0.136. The van der Waals surface area contributed by atoms with E-state index in [1.807, 2.05) is 29.2 Å². The van der Waals surface area contributed by atoms with Crippen molar-refractivity contribution in [3.8, 4) is 0 Å². The number of H-pyrrole nitrogens is 1. The van der Waals surface area contributed by atoms with Crippen molar-refractivity contribution in [1.29, 1.82) is 0 Å². The highest BCUT2D eigenvalue weighted by Crippen LogP contribution is 2.39. The van der Waals surface area contributed by atoms with E-state index < -0.39 is 11.7 Å². The van der Waals surface area contributed by atoms with Crippen molar-refractivity contribution in [1.82, 2.24) is 20.3 Å². The molecule has 1 amide bonds. The quantitative estimate of drug-likeness (QED) is 0.513. The van der Waals surface area contributed by atoms with Crippen LogP contribution in [0.5, 0.6) is 0 Å². The molecule has 10 heteroatoms. The Bertz CT molecular complexity index is 1210. The molecule has 0 radical (unpaired) electrons. The lowest BCUT2D eigenvalue weighted by Crippen LogP contribution is -2.53. The van der Waals surface area contributed by atoms with Crippen LogP contribution in [-0.4, -0.2) is 33.9 Å². The van der Waals surface area contributed by atoms with E-state index in [0.717, 1.165) is 17.1 Å². The SMILES string of the molecule is O=C(NCc1nc2ccccc2[nH]1)C1CN(c2nc3c(C(F)(F)F)cccc3s2)C1. The van der Waals surface area contributed by atoms with Crippen molar-refractivity contribution in [2.75, 3.05) is 18.0 Å². The van der Waals surface area contributed by atoms with Gasteiger partial charge < -0.3 is 15.2 Å². The van der Waals surface area contributed by atoms with Crippen molar-refractivity contribution in [3.63, 3.8) is 0 Å². The first kappa shape index (κ1) is 18.9. The molecule has 2 aromatic heterocycles. The number of thiazole rings is 1. The van der Waals surface area contributed by atoms with Crippen molar-refractivity contribution in [2.45, 2.75) is 12.7 Å². The number of rotatable bonds is 4. The topological polar surface area (TPSA) is 73.9 Å². The summed E-state index contributed by atoms with van der Waals surface area (Å²) in [5.41, 5.74) is 0.974. The average Bonchev–Trinajstić information content (AvgIpc) is 3.27. The summed E-state index contributed by atoms with van der Waals surface area (Å²) in [6, 6.07) is 11.7. The van der Waals surface area contributed by atoms with Gasteiger partial charge in [0, 0.05) is 13.1 Å². The fourth-order valence-corrected chi connectivity index (χ4v) is 4.52. The Kier molecular flexibility index (Phi) is 4.39. The molecule has 0 aliphatic carbocycles. The first-order chi connectivity index (χ1) is 14.4. The number of aromatic nitrogens is 3. The van der Waals surface area contributed by atoms with E-state index >= 15 is 0 Å². The summed E-state index contributed by atoms with van der Waals surface area (Å²) >= 11 is 1.21. The molecule has 0 atom stereocenters. The highest BCUT2D eigenvalue weighted by atomic mass is 32.1. The van der Waals surface area contributed by atoms with E-state index in [-0.39, 0.29) is 17.3 Å². The highest BCUT2D eigenvalue weighted by molar-refractivity contribution is 7.22. The summed E-state index contributed by atoms with van der Waals surface area (Å²) in [4.78, 5) is 26.0. The molecule has 0 spiro atoms. The predicted molar refractivity (Wildman–Crippen MR) is 108 cm³/mol. The Morgan fingerprint density at radius 2 is 1.97 bits per heavy atom. The Labute approximate surface area is 172 Å². The van der Waals surface area contributed by atoms with E-state index in [9.17, 15) is 18.0 Å². The minimum absolute atomic E-state index is 0.0391. The summed E-state index contributed by atoms with van der Waals surface area (Å²) in [6.45, 7) is 1.14. The van der Waals surface area contributed by atoms with Gasteiger partial charge in [0.2, 0.25) is 5.91 Å². The number of alkyl halides is 3. The molecule has 3 heterocycles. The minimum atomic E-state index is -4.45. The van der Waals surface area contributed by atoms with Gasteiger partial charge in [0.05, 0.1) is 39.3 Å². The van der Waals surface area contributed by atoms with Crippen LogP contribution in [0.15, 0.2) is 42.5 Å². The molecule has 1 aliphatic heterocycles. The number of halogens is 3. The average molecular weight is 431 g/mol. The number of carbonyl (C=O) groups excluding carboxylic acids is 1. The Morgan fingerprint density at radius 1 is 1.17 bits per heavy atom. The fourth-order valence-electron chi connectivity index (χ4n) is 3.51. The third kappa shape index (κ3) is 3.36. The summed E-state index contributed by atoms with van der Waals surface area (Å²) < 4.78 is 40.0. The summed E-state index contributed by atoms with van der Waals surface area (Å²) in [6.07, 6.45) is -4.45. The molecule has 6 nitrogen and oxygen atoms in total. The smallest absolute Gasteiger partial charge is 0.349 e. The molecule has 2 aromatic carbocycles. The van der Waals surface area contributed by atoms with Crippen LogP contribution in [0, 0.1) is 5.92 Å². The largest absolute Gasteiger partial charge is 0.418 e. The normalized spacial score (nSPS) is 15.0. The van der Waals surface area contributed by atoms with Gasteiger partial charge in [-0.2, -0.15) is 13.2 Å². The maximum atomic E-state index is 13.2. The Balaban J connectivity index is 1.22. The third-order valence-corrected chi connectivity index (χ3v) is 6.19. The van der Waals surface area contributed by atoms with Gasteiger partial charge in [-0.25, -0.2) is 9.97 Å².